The van der Waals surface area contributed by atoms with Crippen LogP contribution >= 0.6 is 0 Å². The van der Waals surface area contributed by atoms with Gasteiger partial charge in [-0.05, 0) is 31.0 Å². The first-order chi connectivity index (χ1) is 9.70. The molecule has 1 aromatic carbocycles. The summed E-state index contributed by atoms with van der Waals surface area (Å²) in [4.78, 5) is 22.6. The van der Waals surface area contributed by atoms with Gasteiger partial charge in [-0.2, -0.15) is 0 Å². The topological polar surface area (TPSA) is 127 Å². The molecule has 0 heterocycles. The lowest BCUT2D eigenvalue weighted by atomic mass is 10.1. The maximum Gasteiger partial charge on any atom is 0.307 e. The quantitative estimate of drug-likeness (QED) is 0.717. The van der Waals surface area contributed by atoms with Crippen molar-refractivity contribution in [3.8, 4) is 0 Å². The Balaban J connectivity index is 1.99. The van der Waals surface area contributed by atoms with E-state index in [1.54, 1.807) is 19.1 Å². The van der Waals surface area contributed by atoms with Crippen molar-refractivity contribution in [2.24, 2.45) is 17.0 Å². The molecule has 0 bridgehead atoms. The Bertz CT molecular complexity index is 668. The molecule has 1 saturated carbocycles. The molecular weight excluding hydrogens is 296 g/mol. The number of carboxylic acid groups (broad SMARTS) is 1. The second kappa shape index (κ2) is 5.45. The predicted molar refractivity (Wildman–Crippen MR) is 73.6 cm³/mol. The maximum absolute atomic E-state index is 11.8. The first-order valence-corrected chi connectivity index (χ1v) is 7.90. The summed E-state index contributed by atoms with van der Waals surface area (Å²) >= 11 is 0. The first-order valence-electron chi connectivity index (χ1n) is 6.36. The summed E-state index contributed by atoms with van der Waals surface area (Å²) in [6.07, 6.45) is 0.359. The number of rotatable bonds is 5. The summed E-state index contributed by atoms with van der Waals surface area (Å²) in [6.45, 7) is 1.74. The van der Waals surface area contributed by atoms with Gasteiger partial charge in [0.2, 0.25) is 15.9 Å². The van der Waals surface area contributed by atoms with E-state index < -0.39 is 27.8 Å². The van der Waals surface area contributed by atoms with E-state index in [9.17, 15) is 18.0 Å². The van der Waals surface area contributed by atoms with E-state index in [-0.39, 0.29) is 16.8 Å². The number of carboxylic acids is 1. The van der Waals surface area contributed by atoms with Gasteiger partial charge in [-0.1, -0.05) is 12.1 Å². The van der Waals surface area contributed by atoms with Gasteiger partial charge in [0, 0.05) is 0 Å². The van der Waals surface area contributed by atoms with Gasteiger partial charge < -0.3 is 10.4 Å². The lowest BCUT2D eigenvalue weighted by Crippen LogP contribution is -2.29. The summed E-state index contributed by atoms with van der Waals surface area (Å²) in [5, 5.41) is 16.5. The molecule has 0 radical (unpaired) electrons. The zero-order chi connectivity index (χ0) is 15.8. The van der Waals surface area contributed by atoms with Crippen LogP contribution in [0.1, 0.15) is 24.9 Å². The largest absolute Gasteiger partial charge is 0.481 e. The number of amides is 1. The van der Waals surface area contributed by atoms with Crippen LogP contribution in [-0.4, -0.2) is 25.4 Å². The Kier molecular flexibility index (Phi) is 4.02. The van der Waals surface area contributed by atoms with Crippen molar-refractivity contribution in [3.05, 3.63) is 29.8 Å². The number of primary sulfonamides is 1. The van der Waals surface area contributed by atoms with Crippen LogP contribution in [0.2, 0.25) is 0 Å². The van der Waals surface area contributed by atoms with Crippen molar-refractivity contribution in [1.29, 1.82) is 0 Å². The zero-order valence-electron chi connectivity index (χ0n) is 11.3. The zero-order valence-corrected chi connectivity index (χ0v) is 12.1. The highest BCUT2D eigenvalue weighted by Gasteiger charge is 2.48. The van der Waals surface area contributed by atoms with Crippen LogP contribution in [-0.2, 0) is 19.6 Å². The average Bonchev–Trinajstić information content (AvgIpc) is 3.18. The smallest absolute Gasteiger partial charge is 0.307 e. The SMILES string of the molecule is CC(NC(=O)C1CC1C(=O)O)c1ccc(S(N)(=O)=O)cc1. The van der Waals surface area contributed by atoms with Gasteiger partial charge in [0.25, 0.3) is 0 Å². The number of aliphatic carboxylic acids is 1. The Morgan fingerprint density at radius 1 is 1.29 bits per heavy atom. The molecule has 0 saturated heterocycles. The number of nitrogens with two attached hydrogens (primary N) is 1. The second-order valence-corrected chi connectivity index (χ2v) is 6.69. The summed E-state index contributed by atoms with van der Waals surface area (Å²) in [5.74, 6) is -2.33. The van der Waals surface area contributed by atoms with E-state index in [1.165, 1.54) is 12.1 Å². The van der Waals surface area contributed by atoms with Crippen LogP contribution in [0.3, 0.4) is 0 Å². The van der Waals surface area contributed by atoms with Crippen LogP contribution < -0.4 is 10.5 Å². The molecule has 0 aliphatic heterocycles. The molecule has 1 aromatic rings. The molecule has 4 N–H and O–H groups in total. The minimum absolute atomic E-state index is 0.00193. The number of carbonyl (C=O) groups is 2. The van der Waals surface area contributed by atoms with Gasteiger partial charge >= 0.3 is 5.97 Å². The van der Waals surface area contributed by atoms with Crippen molar-refractivity contribution >= 4 is 21.9 Å². The average molecular weight is 312 g/mol. The molecule has 7 nitrogen and oxygen atoms in total. The highest BCUT2D eigenvalue weighted by molar-refractivity contribution is 7.89. The Morgan fingerprint density at radius 2 is 1.86 bits per heavy atom. The Morgan fingerprint density at radius 3 is 2.29 bits per heavy atom. The predicted octanol–water partition coefficient (Wildman–Crippen LogP) is 0.232. The van der Waals surface area contributed by atoms with E-state index in [0.717, 1.165) is 0 Å². The van der Waals surface area contributed by atoms with Crippen LogP contribution in [0.4, 0.5) is 0 Å². The van der Waals surface area contributed by atoms with Crippen LogP contribution in [0.5, 0.6) is 0 Å². The monoisotopic (exact) mass is 312 g/mol. The van der Waals surface area contributed by atoms with Crippen molar-refractivity contribution in [2.75, 3.05) is 0 Å². The van der Waals surface area contributed by atoms with Gasteiger partial charge in [-0.15, -0.1) is 0 Å². The molecule has 0 spiro atoms. The third-order valence-corrected chi connectivity index (χ3v) is 4.44. The molecule has 1 amide bonds. The minimum Gasteiger partial charge on any atom is -0.481 e. The highest BCUT2D eigenvalue weighted by atomic mass is 32.2. The molecule has 1 fully saturated rings. The molecule has 3 atom stereocenters. The number of carbonyl (C=O) groups excluding carboxylic acids is 1. The number of hydrogen-bond donors (Lipinski definition) is 3. The molecule has 3 unspecified atom stereocenters. The summed E-state index contributed by atoms with van der Waals surface area (Å²) in [5.41, 5.74) is 0.711. The third kappa shape index (κ3) is 3.59. The highest BCUT2D eigenvalue weighted by Crippen LogP contribution is 2.39. The van der Waals surface area contributed by atoms with Crippen molar-refractivity contribution in [1.82, 2.24) is 5.32 Å². The summed E-state index contributed by atoms with van der Waals surface area (Å²) in [7, 11) is -3.74. The van der Waals surface area contributed by atoms with Crippen molar-refractivity contribution in [3.63, 3.8) is 0 Å². The van der Waals surface area contributed by atoms with Crippen LogP contribution in [0.15, 0.2) is 29.2 Å². The molecule has 8 heteroatoms. The third-order valence-electron chi connectivity index (χ3n) is 3.51. The first kappa shape index (κ1) is 15.5. The molecule has 1 aliphatic carbocycles. The Labute approximate surface area is 122 Å². The molecule has 114 valence electrons. The van der Waals surface area contributed by atoms with E-state index in [2.05, 4.69) is 5.32 Å². The normalized spacial score (nSPS) is 22.4. The molecule has 1 aliphatic rings. The van der Waals surface area contributed by atoms with Crippen LogP contribution in [0.25, 0.3) is 0 Å². The number of sulfonamides is 1. The number of nitrogens with one attached hydrogen (secondary N) is 1. The lowest BCUT2D eigenvalue weighted by Gasteiger charge is -2.14. The maximum atomic E-state index is 11.8. The second-order valence-electron chi connectivity index (χ2n) is 5.13. The van der Waals surface area contributed by atoms with E-state index in [1.807, 2.05) is 0 Å². The fraction of sp³-hybridized carbons (Fsp3) is 0.385. The minimum atomic E-state index is -3.74. The Hall–Kier alpha value is -1.93. The standard InChI is InChI=1S/C13H16N2O5S/c1-7(15-12(16)10-6-11(10)13(17)18)8-2-4-9(5-3-8)21(14,19)20/h2-5,7,10-11H,6H2,1H3,(H,15,16)(H,17,18)(H2,14,19,20). The fourth-order valence-corrected chi connectivity index (χ4v) is 2.62. The lowest BCUT2D eigenvalue weighted by molar-refractivity contribution is -0.140. The van der Waals surface area contributed by atoms with Gasteiger partial charge in [0.15, 0.2) is 0 Å². The van der Waals surface area contributed by atoms with Gasteiger partial charge in [-0.3, -0.25) is 9.59 Å². The van der Waals surface area contributed by atoms with Gasteiger partial charge in [0.1, 0.15) is 0 Å². The van der Waals surface area contributed by atoms with E-state index >= 15 is 0 Å². The van der Waals surface area contributed by atoms with E-state index in [0.29, 0.717) is 12.0 Å². The van der Waals surface area contributed by atoms with Crippen LogP contribution in [0, 0.1) is 11.8 Å². The van der Waals surface area contributed by atoms with Gasteiger partial charge in [0.05, 0.1) is 22.8 Å². The molecule has 2 rings (SSSR count). The molecular formula is C13H16N2O5S. The molecule has 21 heavy (non-hydrogen) atoms. The molecule has 0 aromatic heterocycles. The fourth-order valence-electron chi connectivity index (χ4n) is 2.11. The number of benzene rings is 1. The van der Waals surface area contributed by atoms with Crippen molar-refractivity contribution < 1.29 is 23.1 Å². The summed E-state index contributed by atoms with van der Waals surface area (Å²) < 4.78 is 22.3. The number of hydrogen-bond acceptors (Lipinski definition) is 4. The van der Waals surface area contributed by atoms with Crippen molar-refractivity contribution in [2.45, 2.75) is 24.3 Å². The summed E-state index contributed by atoms with van der Waals surface area (Å²) in [6, 6.07) is 5.51. The van der Waals surface area contributed by atoms with E-state index in [4.69, 9.17) is 10.2 Å². The van der Waals surface area contributed by atoms with Gasteiger partial charge in [-0.25, -0.2) is 13.6 Å².